The average Bonchev–Trinajstić information content (AvgIpc) is 2.00. The first-order chi connectivity index (χ1) is 5.52. The van der Waals surface area contributed by atoms with Crippen molar-refractivity contribution < 1.29 is 17.7 Å². The van der Waals surface area contributed by atoms with E-state index in [1.54, 1.807) is 0 Å². The molecule has 7 heteroatoms. The summed E-state index contributed by atoms with van der Waals surface area (Å²) in [6.07, 6.45) is 0.242. The van der Waals surface area contributed by atoms with Gasteiger partial charge in [-0.1, -0.05) is 6.08 Å². The Bertz CT molecular complexity index is 229. The molecule has 0 radical (unpaired) electrons. The molecular formula is C6H14NNaO4S. The topological polar surface area (TPSA) is 89.6 Å². The van der Waals surface area contributed by atoms with Crippen molar-refractivity contribution in [1.82, 2.24) is 0 Å². The van der Waals surface area contributed by atoms with Gasteiger partial charge in [0, 0.05) is 6.54 Å². The first-order valence-electron chi connectivity index (χ1n) is 3.38. The standard InChI is InChI=1S/C6H13NO4S.Na.H/c1-2-3-11-12(9,10)5-6(8)4-7;;/h2,6,8H,1,3-5,7H2;;. The quantitative estimate of drug-likeness (QED) is 0.312. The summed E-state index contributed by atoms with van der Waals surface area (Å²) in [4.78, 5) is 0. The summed E-state index contributed by atoms with van der Waals surface area (Å²) in [7, 11) is -3.66. The molecule has 0 aliphatic heterocycles. The molecule has 0 saturated carbocycles. The van der Waals surface area contributed by atoms with Crippen LogP contribution in [0.2, 0.25) is 0 Å². The van der Waals surface area contributed by atoms with Crippen LogP contribution in [0.15, 0.2) is 12.7 Å². The number of hydrogen-bond acceptors (Lipinski definition) is 5. The molecule has 0 aromatic heterocycles. The monoisotopic (exact) mass is 219 g/mol. The van der Waals surface area contributed by atoms with Gasteiger partial charge in [0.2, 0.25) is 0 Å². The molecule has 1 atom stereocenters. The van der Waals surface area contributed by atoms with Gasteiger partial charge in [-0.15, -0.1) is 6.58 Å². The second kappa shape index (κ2) is 7.93. The summed E-state index contributed by atoms with van der Waals surface area (Å²) in [5, 5.41) is 8.88. The zero-order valence-corrected chi connectivity index (χ0v) is 7.46. The summed E-state index contributed by atoms with van der Waals surface area (Å²) in [6, 6.07) is 0. The number of hydrogen-bond donors (Lipinski definition) is 2. The summed E-state index contributed by atoms with van der Waals surface area (Å²) in [6.45, 7) is 3.10. The maximum absolute atomic E-state index is 10.9. The predicted octanol–water partition coefficient (Wildman–Crippen LogP) is -1.81. The Morgan fingerprint density at radius 2 is 2.15 bits per heavy atom. The van der Waals surface area contributed by atoms with Crippen LogP contribution in [0.4, 0.5) is 0 Å². The molecular weight excluding hydrogens is 205 g/mol. The first-order valence-corrected chi connectivity index (χ1v) is 4.95. The predicted molar refractivity (Wildman–Crippen MR) is 52.1 cm³/mol. The van der Waals surface area contributed by atoms with E-state index in [9.17, 15) is 8.42 Å². The van der Waals surface area contributed by atoms with E-state index >= 15 is 0 Å². The van der Waals surface area contributed by atoms with Gasteiger partial charge < -0.3 is 10.8 Å². The fourth-order valence-corrected chi connectivity index (χ4v) is 1.51. The van der Waals surface area contributed by atoms with Crippen molar-refractivity contribution in [2.24, 2.45) is 5.73 Å². The third kappa shape index (κ3) is 8.89. The molecule has 5 nitrogen and oxygen atoms in total. The minimum absolute atomic E-state index is 0. The Morgan fingerprint density at radius 1 is 1.62 bits per heavy atom. The summed E-state index contributed by atoms with van der Waals surface area (Å²) in [5.41, 5.74) is 5.02. The second-order valence-electron chi connectivity index (χ2n) is 2.19. The average molecular weight is 219 g/mol. The van der Waals surface area contributed by atoms with Crippen molar-refractivity contribution in [2.45, 2.75) is 6.10 Å². The molecule has 1 unspecified atom stereocenters. The molecule has 0 aromatic carbocycles. The van der Waals surface area contributed by atoms with E-state index in [1.165, 1.54) is 6.08 Å². The molecule has 0 spiro atoms. The van der Waals surface area contributed by atoms with E-state index < -0.39 is 22.0 Å². The fraction of sp³-hybridized carbons (Fsp3) is 0.667. The summed E-state index contributed by atoms with van der Waals surface area (Å²) >= 11 is 0. The maximum atomic E-state index is 10.9. The van der Waals surface area contributed by atoms with Crippen LogP contribution in [0.3, 0.4) is 0 Å². The van der Waals surface area contributed by atoms with Gasteiger partial charge in [0.05, 0.1) is 12.7 Å². The van der Waals surface area contributed by atoms with Gasteiger partial charge in [-0.2, -0.15) is 8.42 Å². The minimum atomic E-state index is -3.66. The van der Waals surface area contributed by atoms with Gasteiger partial charge >= 0.3 is 29.6 Å². The molecule has 0 bridgehead atoms. The van der Waals surface area contributed by atoms with Gasteiger partial charge in [0.15, 0.2) is 0 Å². The Kier molecular flexibility index (Phi) is 9.77. The summed E-state index contributed by atoms with van der Waals surface area (Å²) in [5.74, 6) is -0.475. The van der Waals surface area contributed by atoms with Crippen LogP contribution in [0.5, 0.6) is 0 Å². The van der Waals surface area contributed by atoms with Crippen LogP contribution in [-0.4, -0.2) is 68.1 Å². The van der Waals surface area contributed by atoms with Crippen molar-refractivity contribution in [3.63, 3.8) is 0 Å². The molecule has 0 aromatic rings. The zero-order chi connectivity index (χ0) is 9.61. The van der Waals surface area contributed by atoms with Gasteiger partial charge in [-0.25, -0.2) is 0 Å². The van der Waals surface area contributed by atoms with Gasteiger partial charge in [0.25, 0.3) is 10.1 Å². The van der Waals surface area contributed by atoms with Crippen molar-refractivity contribution in [1.29, 1.82) is 0 Å². The van der Waals surface area contributed by atoms with Crippen molar-refractivity contribution >= 4 is 39.7 Å². The Morgan fingerprint density at radius 3 is 2.54 bits per heavy atom. The molecule has 0 amide bonds. The number of aliphatic hydroxyl groups is 1. The molecule has 0 fully saturated rings. The van der Waals surface area contributed by atoms with E-state index in [0.29, 0.717) is 0 Å². The van der Waals surface area contributed by atoms with Crippen LogP contribution in [0, 0.1) is 0 Å². The van der Waals surface area contributed by atoms with E-state index in [0.717, 1.165) is 0 Å². The molecule has 13 heavy (non-hydrogen) atoms. The van der Waals surface area contributed by atoms with Crippen molar-refractivity contribution in [3.05, 3.63) is 12.7 Å². The van der Waals surface area contributed by atoms with Crippen molar-refractivity contribution in [3.8, 4) is 0 Å². The first kappa shape index (κ1) is 16.0. The van der Waals surface area contributed by atoms with Crippen LogP contribution in [0.25, 0.3) is 0 Å². The van der Waals surface area contributed by atoms with Crippen LogP contribution < -0.4 is 5.73 Å². The van der Waals surface area contributed by atoms with E-state index in [4.69, 9.17) is 10.8 Å². The molecule has 0 saturated heterocycles. The van der Waals surface area contributed by atoms with E-state index in [2.05, 4.69) is 10.8 Å². The third-order valence-electron chi connectivity index (χ3n) is 1.03. The molecule has 74 valence electrons. The van der Waals surface area contributed by atoms with Crippen LogP contribution in [-0.2, 0) is 14.3 Å². The fourth-order valence-electron chi connectivity index (χ4n) is 0.504. The second-order valence-corrected chi connectivity index (χ2v) is 3.87. The molecule has 0 rings (SSSR count). The van der Waals surface area contributed by atoms with Gasteiger partial charge in [-0.05, 0) is 0 Å². The SMILES string of the molecule is C=CCOS(=O)(=O)CC(O)CN.[NaH]. The Hall–Kier alpha value is 0.570. The Labute approximate surface area is 100 Å². The van der Waals surface area contributed by atoms with Gasteiger partial charge in [0.1, 0.15) is 5.75 Å². The van der Waals surface area contributed by atoms with Crippen molar-refractivity contribution in [2.75, 3.05) is 18.9 Å². The number of aliphatic hydroxyl groups excluding tert-OH is 1. The summed E-state index contributed by atoms with van der Waals surface area (Å²) < 4.78 is 26.1. The number of nitrogens with two attached hydrogens (primary N) is 1. The Balaban J connectivity index is 0. The third-order valence-corrected chi connectivity index (χ3v) is 2.32. The molecule has 0 aliphatic carbocycles. The van der Waals surface area contributed by atoms with Crippen LogP contribution in [0.1, 0.15) is 0 Å². The normalized spacial score (nSPS) is 13.1. The van der Waals surface area contributed by atoms with Gasteiger partial charge in [-0.3, -0.25) is 4.18 Å². The van der Waals surface area contributed by atoms with E-state index in [-0.39, 0.29) is 42.7 Å². The molecule has 0 heterocycles. The molecule has 3 N–H and O–H groups in total. The van der Waals surface area contributed by atoms with E-state index in [1.807, 2.05) is 0 Å². The number of rotatable bonds is 6. The molecule has 0 aliphatic rings. The zero-order valence-electron chi connectivity index (χ0n) is 6.64. The van der Waals surface area contributed by atoms with Crippen LogP contribution >= 0.6 is 0 Å².